The minimum absolute atomic E-state index is 0.274. The number of aryl methyl sites for hydroxylation is 1. The van der Waals surface area contributed by atoms with Gasteiger partial charge < -0.3 is 5.73 Å². The number of thiophene rings is 1. The Morgan fingerprint density at radius 3 is 3.09 bits per heavy atom. The van der Waals surface area contributed by atoms with Gasteiger partial charge in [-0.2, -0.15) is 0 Å². The Balaban J connectivity index is 2.50. The normalized spacial score (nSPS) is 14.9. The number of primary amides is 1. The summed E-state index contributed by atoms with van der Waals surface area (Å²) < 4.78 is 0. The number of carbonyl (C=O) groups excluding carboxylic acids is 1. The fourth-order valence-corrected chi connectivity index (χ4v) is 2.67. The largest absolute Gasteiger partial charge is 0.366 e. The van der Waals surface area contributed by atoms with Crippen LogP contribution in [0.25, 0.3) is 0 Å². The van der Waals surface area contributed by atoms with Gasteiger partial charge in [-0.3, -0.25) is 4.79 Å². The maximum atomic E-state index is 10.9. The molecule has 0 atom stereocenters. The summed E-state index contributed by atoms with van der Waals surface area (Å²) in [6.07, 6.45) is 3.35. The van der Waals surface area contributed by atoms with Crippen molar-refractivity contribution in [3.63, 3.8) is 0 Å². The van der Waals surface area contributed by atoms with Gasteiger partial charge in [-0.05, 0) is 24.8 Å². The number of nitrogens with two attached hydrogens (primary N) is 1. The van der Waals surface area contributed by atoms with Crippen LogP contribution in [0.2, 0.25) is 0 Å². The Morgan fingerprint density at radius 1 is 1.55 bits per heavy atom. The molecule has 1 aromatic heterocycles. The smallest absolute Gasteiger partial charge is 0.249 e. The van der Waals surface area contributed by atoms with E-state index in [4.69, 9.17) is 5.73 Å². The second-order valence-electron chi connectivity index (χ2n) is 2.77. The highest BCUT2D eigenvalue weighted by molar-refractivity contribution is 7.10. The standard InChI is InChI=1S/C8H9NOS/c9-8(10)6-4-11-7-3-1-2-5(6)7/h4H,1-3H2,(H2,9,10). The van der Waals surface area contributed by atoms with E-state index in [1.165, 1.54) is 16.9 Å². The summed E-state index contributed by atoms with van der Waals surface area (Å²) in [6.45, 7) is 0. The summed E-state index contributed by atoms with van der Waals surface area (Å²) in [4.78, 5) is 12.2. The third kappa shape index (κ3) is 0.959. The minimum atomic E-state index is -0.274. The first-order chi connectivity index (χ1) is 5.29. The Kier molecular flexibility index (Phi) is 1.46. The van der Waals surface area contributed by atoms with Crippen molar-refractivity contribution in [3.05, 3.63) is 21.4 Å². The van der Waals surface area contributed by atoms with Crippen molar-refractivity contribution in [2.24, 2.45) is 5.73 Å². The maximum Gasteiger partial charge on any atom is 0.249 e. The number of amides is 1. The molecule has 0 saturated heterocycles. The van der Waals surface area contributed by atoms with E-state index in [2.05, 4.69) is 0 Å². The van der Waals surface area contributed by atoms with Crippen molar-refractivity contribution in [3.8, 4) is 0 Å². The predicted octanol–water partition coefficient (Wildman–Crippen LogP) is 1.34. The second-order valence-corrected chi connectivity index (χ2v) is 3.73. The average Bonchev–Trinajstić information content (AvgIpc) is 2.41. The molecular weight excluding hydrogens is 158 g/mol. The van der Waals surface area contributed by atoms with Gasteiger partial charge in [-0.1, -0.05) is 0 Å². The van der Waals surface area contributed by atoms with Crippen LogP contribution in [0.15, 0.2) is 5.38 Å². The first kappa shape index (κ1) is 6.85. The zero-order valence-electron chi connectivity index (χ0n) is 6.09. The molecule has 0 radical (unpaired) electrons. The molecule has 1 amide bonds. The van der Waals surface area contributed by atoms with E-state index < -0.39 is 0 Å². The van der Waals surface area contributed by atoms with Gasteiger partial charge in [0.1, 0.15) is 0 Å². The van der Waals surface area contributed by atoms with Gasteiger partial charge >= 0.3 is 0 Å². The highest BCUT2D eigenvalue weighted by Gasteiger charge is 2.19. The predicted molar refractivity (Wildman–Crippen MR) is 44.9 cm³/mol. The van der Waals surface area contributed by atoms with E-state index in [1.54, 1.807) is 11.3 Å². The van der Waals surface area contributed by atoms with Crippen molar-refractivity contribution in [1.29, 1.82) is 0 Å². The average molecular weight is 167 g/mol. The second kappa shape index (κ2) is 2.34. The molecule has 0 aliphatic heterocycles. The first-order valence-corrected chi connectivity index (χ1v) is 4.56. The molecule has 0 fully saturated rings. The highest BCUT2D eigenvalue weighted by Crippen LogP contribution is 2.30. The molecule has 0 aromatic carbocycles. The van der Waals surface area contributed by atoms with E-state index in [1.807, 2.05) is 5.38 Å². The lowest BCUT2D eigenvalue weighted by molar-refractivity contribution is 0.1000. The number of carbonyl (C=O) groups is 1. The Hall–Kier alpha value is -0.830. The SMILES string of the molecule is NC(=O)c1csc2c1CCC2. The molecule has 2 nitrogen and oxygen atoms in total. The lowest BCUT2D eigenvalue weighted by Gasteiger charge is -1.92. The van der Waals surface area contributed by atoms with Crippen molar-refractivity contribution in [2.75, 3.05) is 0 Å². The maximum absolute atomic E-state index is 10.9. The summed E-state index contributed by atoms with van der Waals surface area (Å²) >= 11 is 1.67. The third-order valence-corrected chi connectivity index (χ3v) is 3.17. The molecule has 1 heterocycles. The lowest BCUT2D eigenvalue weighted by atomic mass is 10.1. The molecule has 0 bridgehead atoms. The van der Waals surface area contributed by atoms with Crippen LogP contribution >= 0.6 is 11.3 Å². The molecular formula is C8H9NOS. The molecule has 2 N–H and O–H groups in total. The van der Waals surface area contributed by atoms with E-state index >= 15 is 0 Å². The summed E-state index contributed by atoms with van der Waals surface area (Å²) in [7, 11) is 0. The monoisotopic (exact) mass is 167 g/mol. The molecule has 1 aliphatic rings. The van der Waals surface area contributed by atoms with Gasteiger partial charge in [0.25, 0.3) is 0 Å². The lowest BCUT2D eigenvalue weighted by Crippen LogP contribution is -2.11. The molecule has 1 aromatic rings. The number of hydrogen-bond acceptors (Lipinski definition) is 2. The number of fused-ring (bicyclic) bond motifs is 1. The fourth-order valence-electron chi connectivity index (χ4n) is 1.54. The molecule has 0 unspecified atom stereocenters. The van der Waals surface area contributed by atoms with Crippen molar-refractivity contribution < 1.29 is 4.79 Å². The number of rotatable bonds is 1. The number of hydrogen-bond donors (Lipinski definition) is 1. The zero-order valence-corrected chi connectivity index (χ0v) is 6.91. The fraction of sp³-hybridized carbons (Fsp3) is 0.375. The molecule has 0 saturated carbocycles. The molecule has 1 aliphatic carbocycles. The summed E-state index contributed by atoms with van der Waals surface area (Å²) in [5.74, 6) is -0.274. The van der Waals surface area contributed by atoms with Crippen LogP contribution in [-0.4, -0.2) is 5.91 Å². The van der Waals surface area contributed by atoms with Gasteiger partial charge in [-0.15, -0.1) is 11.3 Å². The van der Waals surface area contributed by atoms with Crippen LogP contribution in [0.5, 0.6) is 0 Å². The van der Waals surface area contributed by atoms with E-state index in [0.717, 1.165) is 18.4 Å². The zero-order chi connectivity index (χ0) is 7.84. The topological polar surface area (TPSA) is 43.1 Å². The van der Waals surface area contributed by atoms with Crippen molar-refractivity contribution in [2.45, 2.75) is 19.3 Å². The van der Waals surface area contributed by atoms with Crippen LogP contribution in [0, 0.1) is 0 Å². The Bertz CT molecular complexity index is 303. The minimum Gasteiger partial charge on any atom is -0.366 e. The molecule has 2 rings (SSSR count). The van der Waals surface area contributed by atoms with Crippen LogP contribution in [-0.2, 0) is 12.8 Å². The van der Waals surface area contributed by atoms with Gasteiger partial charge in [0.2, 0.25) is 5.91 Å². The Labute approximate surface area is 69.0 Å². The van der Waals surface area contributed by atoms with Gasteiger partial charge in [0, 0.05) is 10.3 Å². The van der Waals surface area contributed by atoms with Crippen molar-refractivity contribution >= 4 is 17.2 Å². The van der Waals surface area contributed by atoms with Crippen LogP contribution in [0.3, 0.4) is 0 Å². The van der Waals surface area contributed by atoms with Gasteiger partial charge in [0.05, 0.1) is 5.56 Å². The molecule has 0 spiro atoms. The quantitative estimate of drug-likeness (QED) is 0.673. The highest BCUT2D eigenvalue weighted by atomic mass is 32.1. The third-order valence-electron chi connectivity index (χ3n) is 2.08. The molecule has 3 heteroatoms. The van der Waals surface area contributed by atoms with Crippen LogP contribution in [0.1, 0.15) is 27.2 Å². The Morgan fingerprint density at radius 2 is 2.36 bits per heavy atom. The summed E-state index contributed by atoms with van der Waals surface area (Å²) in [5.41, 5.74) is 7.16. The van der Waals surface area contributed by atoms with Crippen LogP contribution < -0.4 is 5.73 Å². The molecule has 58 valence electrons. The molecule has 11 heavy (non-hydrogen) atoms. The van der Waals surface area contributed by atoms with E-state index in [9.17, 15) is 4.79 Å². The van der Waals surface area contributed by atoms with Gasteiger partial charge in [-0.25, -0.2) is 0 Å². The van der Waals surface area contributed by atoms with Crippen LogP contribution in [0.4, 0.5) is 0 Å². The van der Waals surface area contributed by atoms with Crippen molar-refractivity contribution in [1.82, 2.24) is 0 Å². The summed E-state index contributed by atoms with van der Waals surface area (Å²) in [5, 5.41) is 1.88. The summed E-state index contributed by atoms with van der Waals surface area (Å²) in [6, 6.07) is 0. The van der Waals surface area contributed by atoms with E-state index in [-0.39, 0.29) is 5.91 Å². The van der Waals surface area contributed by atoms with E-state index in [0.29, 0.717) is 0 Å². The van der Waals surface area contributed by atoms with Gasteiger partial charge in [0.15, 0.2) is 0 Å². The first-order valence-electron chi connectivity index (χ1n) is 3.68.